The van der Waals surface area contributed by atoms with Crippen LogP contribution in [0.5, 0.6) is 5.75 Å². The second-order valence-corrected chi connectivity index (χ2v) is 7.09. The summed E-state index contributed by atoms with van der Waals surface area (Å²) in [7, 11) is 3.53. The van der Waals surface area contributed by atoms with Gasteiger partial charge in [-0.15, -0.1) is 10.2 Å². The van der Waals surface area contributed by atoms with Crippen LogP contribution in [0.4, 0.5) is 0 Å². The Morgan fingerprint density at radius 2 is 1.96 bits per heavy atom. The van der Waals surface area contributed by atoms with E-state index in [-0.39, 0.29) is 11.7 Å². The van der Waals surface area contributed by atoms with E-state index in [1.165, 1.54) is 17.3 Å². The fourth-order valence-electron chi connectivity index (χ4n) is 2.56. The number of rotatable bonds is 7. The zero-order valence-corrected chi connectivity index (χ0v) is 16.4. The van der Waals surface area contributed by atoms with E-state index in [1.54, 1.807) is 7.11 Å². The highest BCUT2D eigenvalue weighted by Gasteiger charge is 2.13. The smallest absolute Gasteiger partial charge is 0.230 e. The summed E-state index contributed by atoms with van der Waals surface area (Å²) in [5, 5.41) is 12.1. The van der Waals surface area contributed by atoms with Crippen LogP contribution in [0.25, 0.3) is 11.4 Å². The molecule has 0 saturated heterocycles. The van der Waals surface area contributed by atoms with Gasteiger partial charge in [0.15, 0.2) is 11.0 Å². The Morgan fingerprint density at radius 1 is 1.19 bits per heavy atom. The molecule has 0 saturated carbocycles. The van der Waals surface area contributed by atoms with E-state index >= 15 is 0 Å². The second-order valence-electron chi connectivity index (χ2n) is 6.15. The summed E-state index contributed by atoms with van der Waals surface area (Å²) in [5.41, 5.74) is 3.20. The highest BCUT2D eigenvalue weighted by Crippen LogP contribution is 2.22. The molecular weight excluding hydrogens is 360 g/mol. The average Bonchev–Trinajstić information content (AvgIpc) is 3.06. The number of ether oxygens (including phenoxy) is 1. The molecule has 0 bridgehead atoms. The van der Waals surface area contributed by atoms with Crippen LogP contribution in [0.3, 0.4) is 0 Å². The molecule has 140 valence electrons. The van der Waals surface area contributed by atoms with Crippen LogP contribution >= 0.6 is 11.8 Å². The lowest BCUT2D eigenvalue weighted by molar-refractivity contribution is -0.118. The van der Waals surface area contributed by atoms with Crippen molar-refractivity contribution in [2.45, 2.75) is 18.6 Å². The van der Waals surface area contributed by atoms with Crippen LogP contribution in [-0.4, -0.2) is 33.5 Å². The highest BCUT2D eigenvalue weighted by molar-refractivity contribution is 7.99. The van der Waals surface area contributed by atoms with Crippen molar-refractivity contribution >= 4 is 17.7 Å². The summed E-state index contributed by atoms with van der Waals surface area (Å²) < 4.78 is 7.10. The maximum atomic E-state index is 12.1. The molecule has 0 unspecified atom stereocenters. The number of amides is 1. The first-order chi connectivity index (χ1) is 13.1. The molecule has 2 aromatic carbocycles. The molecular formula is C20H22N4O2S. The van der Waals surface area contributed by atoms with Crippen molar-refractivity contribution in [2.24, 2.45) is 7.05 Å². The Morgan fingerprint density at radius 3 is 2.70 bits per heavy atom. The van der Waals surface area contributed by atoms with Gasteiger partial charge in [0.2, 0.25) is 5.91 Å². The van der Waals surface area contributed by atoms with E-state index in [4.69, 9.17) is 4.74 Å². The van der Waals surface area contributed by atoms with Gasteiger partial charge in [-0.2, -0.15) is 0 Å². The molecule has 6 nitrogen and oxygen atoms in total. The van der Waals surface area contributed by atoms with E-state index in [0.717, 1.165) is 22.7 Å². The Bertz CT molecular complexity index is 922. The molecule has 7 heteroatoms. The summed E-state index contributed by atoms with van der Waals surface area (Å²) in [4.78, 5) is 12.1. The maximum Gasteiger partial charge on any atom is 0.230 e. The summed E-state index contributed by atoms with van der Waals surface area (Å²) >= 11 is 1.37. The Balaban J connectivity index is 1.55. The minimum absolute atomic E-state index is 0.0531. The number of nitrogens with zero attached hydrogens (tertiary/aromatic N) is 3. The van der Waals surface area contributed by atoms with Gasteiger partial charge in [0.25, 0.3) is 0 Å². The molecule has 0 radical (unpaired) electrons. The van der Waals surface area contributed by atoms with Crippen LogP contribution in [0.1, 0.15) is 11.1 Å². The number of aryl methyl sites for hydroxylation is 1. The van der Waals surface area contributed by atoms with Crippen LogP contribution in [0.2, 0.25) is 0 Å². The van der Waals surface area contributed by atoms with Gasteiger partial charge in [0.1, 0.15) is 5.75 Å². The number of hydrogen-bond acceptors (Lipinski definition) is 5. The lowest BCUT2D eigenvalue weighted by atomic mass is 10.1. The molecule has 0 aliphatic heterocycles. The number of methoxy groups -OCH3 is 1. The van der Waals surface area contributed by atoms with E-state index in [9.17, 15) is 4.79 Å². The van der Waals surface area contributed by atoms with Gasteiger partial charge < -0.3 is 14.6 Å². The number of aromatic nitrogens is 3. The van der Waals surface area contributed by atoms with Crippen molar-refractivity contribution < 1.29 is 9.53 Å². The average molecular weight is 382 g/mol. The van der Waals surface area contributed by atoms with Crippen LogP contribution in [0, 0.1) is 6.92 Å². The van der Waals surface area contributed by atoms with Crippen LogP contribution in [0.15, 0.2) is 53.7 Å². The van der Waals surface area contributed by atoms with Gasteiger partial charge in [-0.05, 0) is 24.6 Å². The third-order valence-corrected chi connectivity index (χ3v) is 5.12. The SMILES string of the molecule is COc1cccc(CNC(=O)CSc2nnc(-c3ccc(C)cc3)n2C)c1. The number of benzene rings is 2. The van der Waals surface area contributed by atoms with Crippen LogP contribution in [-0.2, 0) is 18.4 Å². The largest absolute Gasteiger partial charge is 0.497 e. The summed E-state index contributed by atoms with van der Waals surface area (Å²) in [6, 6.07) is 15.8. The predicted molar refractivity (Wildman–Crippen MR) is 107 cm³/mol. The zero-order valence-electron chi connectivity index (χ0n) is 15.6. The molecule has 1 N–H and O–H groups in total. The van der Waals surface area contributed by atoms with E-state index < -0.39 is 0 Å². The number of carbonyl (C=O) groups is 1. The van der Waals surface area contributed by atoms with E-state index in [1.807, 2.05) is 67.1 Å². The first-order valence-electron chi connectivity index (χ1n) is 8.55. The molecule has 1 heterocycles. The Hall–Kier alpha value is -2.80. The number of thioether (sulfide) groups is 1. The predicted octanol–water partition coefficient (Wildman–Crippen LogP) is 3.21. The first-order valence-corrected chi connectivity index (χ1v) is 9.54. The minimum Gasteiger partial charge on any atom is -0.497 e. The second kappa shape index (κ2) is 8.73. The Kier molecular flexibility index (Phi) is 6.13. The van der Waals surface area contributed by atoms with Crippen molar-refractivity contribution in [1.82, 2.24) is 20.1 Å². The monoisotopic (exact) mass is 382 g/mol. The van der Waals surface area contributed by atoms with Crippen molar-refractivity contribution in [3.63, 3.8) is 0 Å². The van der Waals surface area contributed by atoms with E-state index in [0.29, 0.717) is 11.7 Å². The fourth-order valence-corrected chi connectivity index (χ4v) is 3.30. The molecule has 3 rings (SSSR count). The molecule has 27 heavy (non-hydrogen) atoms. The summed E-state index contributed by atoms with van der Waals surface area (Å²) in [6.07, 6.45) is 0. The van der Waals surface area contributed by atoms with Crippen molar-refractivity contribution in [3.8, 4) is 17.1 Å². The molecule has 0 fully saturated rings. The third-order valence-electron chi connectivity index (χ3n) is 4.10. The van der Waals surface area contributed by atoms with Gasteiger partial charge in [-0.1, -0.05) is 53.7 Å². The molecule has 0 aliphatic carbocycles. The van der Waals surface area contributed by atoms with Crippen LogP contribution < -0.4 is 10.1 Å². The fraction of sp³-hybridized carbons (Fsp3) is 0.250. The third kappa shape index (κ3) is 4.89. The quantitative estimate of drug-likeness (QED) is 0.636. The maximum absolute atomic E-state index is 12.1. The zero-order chi connectivity index (χ0) is 19.2. The minimum atomic E-state index is -0.0531. The van der Waals surface area contributed by atoms with Gasteiger partial charge in [-0.3, -0.25) is 4.79 Å². The number of carbonyl (C=O) groups excluding carboxylic acids is 1. The standard InChI is InChI=1S/C20H22N4O2S/c1-14-7-9-16(10-8-14)19-22-23-20(24(19)2)27-13-18(25)21-12-15-5-4-6-17(11-15)26-3/h4-11H,12-13H2,1-3H3,(H,21,25). The topological polar surface area (TPSA) is 69.0 Å². The summed E-state index contributed by atoms with van der Waals surface area (Å²) in [5.74, 6) is 1.79. The van der Waals surface area contributed by atoms with Gasteiger partial charge >= 0.3 is 0 Å². The molecule has 0 aliphatic rings. The van der Waals surface area contributed by atoms with Gasteiger partial charge in [0, 0.05) is 19.2 Å². The van der Waals surface area contributed by atoms with Gasteiger partial charge in [-0.25, -0.2) is 0 Å². The molecule has 1 amide bonds. The number of nitrogens with one attached hydrogen (secondary N) is 1. The first kappa shape index (κ1) is 19.0. The Labute approximate surface area is 163 Å². The molecule has 0 spiro atoms. The summed E-state index contributed by atoms with van der Waals surface area (Å²) in [6.45, 7) is 2.51. The van der Waals surface area contributed by atoms with E-state index in [2.05, 4.69) is 15.5 Å². The number of hydrogen-bond donors (Lipinski definition) is 1. The van der Waals surface area contributed by atoms with Crippen molar-refractivity contribution in [1.29, 1.82) is 0 Å². The lowest BCUT2D eigenvalue weighted by Crippen LogP contribution is -2.24. The normalized spacial score (nSPS) is 10.6. The molecule has 3 aromatic rings. The molecule has 0 atom stereocenters. The van der Waals surface area contributed by atoms with Crippen molar-refractivity contribution in [3.05, 3.63) is 59.7 Å². The molecule has 1 aromatic heterocycles. The van der Waals surface area contributed by atoms with Crippen molar-refractivity contribution in [2.75, 3.05) is 12.9 Å². The van der Waals surface area contributed by atoms with Gasteiger partial charge in [0.05, 0.1) is 12.9 Å². The lowest BCUT2D eigenvalue weighted by Gasteiger charge is -2.07. The highest BCUT2D eigenvalue weighted by atomic mass is 32.2.